The van der Waals surface area contributed by atoms with Gasteiger partial charge in [0.05, 0.1) is 11.8 Å². The van der Waals surface area contributed by atoms with E-state index in [0.29, 0.717) is 30.5 Å². The second kappa shape index (κ2) is 8.30. The fraction of sp³-hybridized carbons (Fsp3) is 0.526. The number of amides is 4. The van der Waals surface area contributed by atoms with Gasteiger partial charge in [-0.3, -0.25) is 14.5 Å². The Morgan fingerprint density at radius 1 is 1.29 bits per heavy atom. The van der Waals surface area contributed by atoms with Crippen molar-refractivity contribution < 1.29 is 23.9 Å². The number of ether oxygens (including phenoxy) is 2. The number of hydrogen-bond acceptors (Lipinski definition) is 6. The average Bonchev–Trinajstić information content (AvgIpc) is 2.85. The molecule has 1 unspecified atom stereocenters. The number of rotatable bonds is 7. The van der Waals surface area contributed by atoms with Crippen molar-refractivity contribution in [3.05, 3.63) is 23.8 Å². The molecule has 1 atom stereocenters. The SMILES string of the molecule is CC(NC(=O)CSCCN1C(=O)NC(C)(C)C1=O)c1ccc2c(c1)OCCO2. The normalized spacial score (nSPS) is 18.6. The van der Waals surface area contributed by atoms with Gasteiger partial charge in [0.2, 0.25) is 5.91 Å². The van der Waals surface area contributed by atoms with E-state index in [1.165, 1.54) is 16.7 Å². The van der Waals surface area contributed by atoms with Gasteiger partial charge in [0.1, 0.15) is 18.8 Å². The van der Waals surface area contributed by atoms with Gasteiger partial charge in [-0.2, -0.15) is 11.8 Å². The Bertz CT molecular complexity index is 783. The molecule has 1 aromatic rings. The monoisotopic (exact) mass is 407 g/mol. The van der Waals surface area contributed by atoms with Crippen LogP contribution in [0.3, 0.4) is 0 Å². The molecule has 0 bridgehead atoms. The Hall–Kier alpha value is -2.42. The maximum Gasteiger partial charge on any atom is 0.325 e. The molecule has 0 aromatic heterocycles. The summed E-state index contributed by atoms with van der Waals surface area (Å²) in [4.78, 5) is 37.3. The minimum Gasteiger partial charge on any atom is -0.486 e. The fourth-order valence-corrected chi connectivity index (χ4v) is 3.76. The molecule has 0 radical (unpaired) electrons. The molecule has 4 amide bonds. The highest BCUT2D eigenvalue weighted by Gasteiger charge is 2.43. The van der Waals surface area contributed by atoms with Crippen LogP contribution < -0.4 is 20.1 Å². The van der Waals surface area contributed by atoms with Crippen LogP contribution in [0.15, 0.2) is 18.2 Å². The largest absolute Gasteiger partial charge is 0.486 e. The van der Waals surface area contributed by atoms with Crippen molar-refractivity contribution in [2.75, 3.05) is 31.3 Å². The summed E-state index contributed by atoms with van der Waals surface area (Å²) in [5.41, 5.74) is 0.0715. The molecule has 2 aliphatic rings. The lowest BCUT2D eigenvalue weighted by atomic mass is 10.1. The predicted molar refractivity (Wildman–Crippen MR) is 106 cm³/mol. The first-order valence-corrected chi connectivity index (χ1v) is 10.3. The van der Waals surface area contributed by atoms with Gasteiger partial charge in [-0.15, -0.1) is 0 Å². The molecule has 2 heterocycles. The van der Waals surface area contributed by atoms with Gasteiger partial charge in [0, 0.05) is 12.3 Å². The van der Waals surface area contributed by atoms with E-state index < -0.39 is 5.54 Å². The Morgan fingerprint density at radius 2 is 2.00 bits per heavy atom. The van der Waals surface area contributed by atoms with E-state index >= 15 is 0 Å². The minimum atomic E-state index is -0.863. The third-order valence-electron chi connectivity index (χ3n) is 4.58. The molecule has 0 saturated carbocycles. The van der Waals surface area contributed by atoms with Gasteiger partial charge >= 0.3 is 6.03 Å². The van der Waals surface area contributed by atoms with Crippen LogP contribution in [0.2, 0.25) is 0 Å². The Labute approximate surface area is 168 Å². The van der Waals surface area contributed by atoms with Gasteiger partial charge in [-0.1, -0.05) is 6.07 Å². The lowest BCUT2D eigenvalue weighted by molar-refractivity contribution is -0.130. The number of carbonyl (C=O) groups excluding carboxylic acids is 3. The van der Waals surface area contributed by atoms with Gasteiger partial charge in [0.15, 0.2) is 11.5 Å². The summed E-state index contributed by atoms with van der Waals surface area (Å²) in [7, 11) is 0. The van der Waals surface area contributed by atoms with Crippen LogP contribution in [0.25, 0.3) is 0 Å². The van der Waals surface area contributed by atoms with Crippen LogP contribution >= 0.6 is 11.8 Å². The van der Waals surface area contributed by atoms with Gasteiger partial charge in [-0.25, -0.2) is 4.79 Å². The lowest BCUT2D eigenvalue weighted by Crippen LogP contribution is -2.40. The Morgan fingerprint density at radius 3 is 2.68 bits per heavy atom. The lowest BCUT2D eigenvalue weighted by Gasteiger charge is -2.21. The number of hydrogen-bond donors (Lipinski definition) is 2. The van der Waals surface area contributed by atoms with E-state index in [9.17, 15) is 14.4 Å². The molecule has 152 valence electrons. The van der Waals surface area contributed by atoms with E-state index in [1.807, 2.05) is 25.1 Å². The van der Waals surface area contributed by atoms with E-state index in [4.69, 9.17) is 9.47 Å². The second-order valence-electron chi connectivity index (χ2n) is 7.26. The number of imide groups is 1. The number of thioether (sulfide) groups is 1. The molecule has 1 saturated heterocycles. The second-order valence-corrected chi connectivity index (χ2v) is 8.36. The van der Waals surface area contributed by atoms with Crippen molar-refractivity contribution in [1.82, 2.24) is 15.5 Å². The molecule has 3 rings (SSSR count). The number of urea groups is 1. The molecular formula is C19H25N3O5S. The first-order chi connectivity index (χ1) is 13.3. The molecule has 2 N–H and O–H groups in total. The first-order valence-electron chi connectivity index (χ1n) is 9.19. The first kappa shape index (κ1) is 20.3. The summed E-state index contributed by atoms with van der Waals surface area (Å²) in [5, 5.41) is 5.58. The number of benzene rings is 1. The van der Waals surface area contributed by atoms with Crippen LogP contribution in [0.1, 0.15) is 32.4 Å². The summed E-state index contributed by atoms with van der Waals surface area (Å²) in [6, 6.07) is 5.08. The molecule has 1 aromatic carbocycles. The molecule has 1 fully saturated rings. The molecule has 9 heteroatoms. The summed E-state index contributed by atoms with van der Waals surface area (Å²) < 4.78 is 11.1. The maximum atomic E-state index is 12.2. The van der Waals surface area contributed by atoms with Gasteiger partial charge in [0.25, 0.3) is 5.91 Å². The summed E-state index contributed by atoms with van der Waals surface area (Å²) in [5.74, 6) is 1.81. The molecule has 2 aliphatic heterocycles. The average molecular weight is 407 g/mol. The molecule has 0 spiro atoms. The summed E-state index contributed by atoms with van der Waals surface area (Å²) in [6.07, 6.45) is 0. The van der Waals surface area contributed by atoms with Crippen molar-refractivity contribution in [2.24, 2.45) is 0 Å². The van der Waals surface area contributed by atoms with Crippen LogP contribution in [-0.4, -0.2) is 59.5 Å². The highest BCUT2D eigenvalue weighted by Crippen LogP contribution is 2.32. The van der Waals surface area contributed by atoms with E-state index in [1.54, 1.807) is 13.8 Å². The number of nitrogens with one attached hydrogen (secondary N) is 2. The maximum absolute atomic E-state index is 12.2. The number of fused-ring (bicyclic) bond motifs is 1. The van der Waals surface area contributed by atoms with Crippen molar-refractivity contribution >= 4 is 29.6 Å². The van der Waals surface area contributed by atoms with Crippen LogP contribution in [0.4, 0.5) is 4.79 Å². The van der Waals surface area contributed by atoms with Gasteiger partial charge < -0.3 is 20.1 Å². The zero-order chi connectivity index (χ0) is 20.3. The Balaban J connectivity index is 1.42. The third-order valence-corrected chi connectivity index (χ3v) is 5.52. The van der Waals surface area contributed by atoms with E-state index in [2.05, 4.69) is 10.6 Å². The minimum absolute atomic E-state index is 0.107. The standard InChI is InChI=1S/C19H25N3O5S/c1-12(13-4-5-14-15(10-13)27-8-7-26-14)20-16(23)11-28-9-6-22-17(24)19(2,3)21-18(22)25/h4-5,10,12H,6-9,11H2,1-3H3,(H,20,23)(H,21,25). The molecule has 0 aliphatic carbocycles. The molecule has 8 nitrogen and oxygen atoms in total. The fourth-order valence-electron chi connectivity index (χ4n) is 3.04. The van der Waals surface area contributed by atoms with Crippen LogP contribution in [0, 0.1) is 0 Å². The predicted octanol–water partition coefficient (Wildman–Crippen LogP) is 1.70. The zero-order valence-corrected chi connectivity index (χ0v) is 17.1. The highest BCUT2D eigenvalue weighted by atomic mass is 32.2. The van der Waals surface area contributed by atoms with Crippen molar-refractivity contribution in [3.63, 3.8) is 0 Å². The van der Waals surface area contributed by atoms with Crippen LogP contribution in [0.5, 0.6) is 11.5 Å². The topological polar surface area (TPSA) is 97.0 Å². The summed E-state index contributed by atoms with van der Waals surface area (Å²) in [6.45, 7) is 6.59. The van der Waals surface area contributed by atoms with Crippen molar-refractivity contribution in [1.29, 1.82) is 0 Å². The quantitative estimate of drug-likeness (QED) is 0.528. The highest BCUT2D eigenvalue weighted by molar-refractivity contribution is 7.99. The molecular weight excluding hydrogens is 382 g/mol. The smallest absolute Gasteiger partial charge is 0.325 e. The number of nitrogens with zero attached hydrogens (tertiary/aromatic N) is 1. The summed E-state index contributed by atoms with van der Waals surface area (Å²) >= 11 is 1.38. The van der Waals surface area contributed by atoms with Crippen molar-refractivity contribution in [2.45, 2.75) is 32.4 Å². The third kappa shape index (κ3) is 4.52. The van der Waals surface area contributed by atoms with E-state index in [-0.39, 0.29) is 36.2 Å². The zero-order valence-electron chi connectivity index (χ0n) is 16.2. The molecule has 28 heavy (non-hydrogen) atoms. The Kier molecular flexibility index (Phi) is 6.02. The van der Waals surface area contributed by atoms with E-state index in [0.717, 1.165) is 5.56 Å². The van der Waals surface area contributed by atoms with Crippen LogP contribution in [-0.2, 0) is 9.59 Å². The van der Waals surface area contributed by atoms with Gasteiger partial charge in [-0.05, 0) is 38.5 Å². The number of carbonyl (C=O) groups is 3. The van der Waals surface area contributed by atoms with Crippen molar-refractivity contribution in [3.8, 4) is 11.5 Å².